The fourth-order valence-electron chi connectivity index (χ4n) is 5.96. The van der Waals surface area contributed by atoms with Gasteiger partial charge in [-0.25, -0.2) is 4.79 Å². The monoisotopic (exact) mass is 402 g/mol. The first-order valence-corrected chi connectivity index (χ1v) is 10.5. The van der Waals surface area contributed by atoms with Crippen LogP contribution < -0.4 is 4.74 Å². The Morgan fingerprint density at radius 3 is 2.66 bits per heavy atom. The zero-order valence-electron chi connectivity index (χ0n) is 18.1. The Bertz CT molecular complexity index is 801. The number of carbonyl (C=O) groups is 1. The number of hydrogen-bond acceptors (Lipinski definition) is 5. The first-order chi connectivity index (χ1) is 13.7. The fourth-order valence-corrected chi connectivity index (χ4v) is 5.96. The molecule has 0 aromatic heterocycles. The van der Waals surface area contributed by atoms with Crippen LogP contribution >= 0.6 is 0 Å². The third kappa shape index (κ3) is 3.43. The average Bonchev–Trinajstić information content (AvgIpc) is 2.72. The molecule has 2 aliphatic carbocycles. The molecule has 1 aromatic carbocycles. The molecule has 160 valence electrons. The normalized spacial score (nSPS) is 31.8. The number of esters is 1. The number of benzene rings is 1. The summed E-state index contributed by atoms with van der Waals surface area (Å²) in [6, 6.07) is 3.17. The molecule has 5 nitrogen and oxygen atoms in total. The van der Waals surface area contributed by atoms with Gasteiger partial charge in [0.2, 0.25) is 0 Å². The quantitative estimate of drug-likeness (QED) is 0.560. The van der Waals surface area contributed by atoms with E-state index in [0.29, 0.717) is 17.5 Å². The van der Waals surface area contributed by atoms with Crippen LogP contribution in [0.15, 0.2) is 24.3 Å². The number of hydrogen-bond donors (Lipinski definition) is 2. The minimum atomic E-state index is -0.477. The summed E-state index contributed by atoms with van der Waals surface area (Å²) >= 11 is 0. The molecular weight excluding hydrogens is 368 g/mol. The largest absolute Gasteiger partial charge is 0.504 e. The Hall–Kier alpha value is -2.01. The van der Waals surface area contributed by atoms with Gasteiger partial charge in [0.1, 0.15) is 0 Å². The maximum absolute atomic E-state index is 12.2. The smallest absolute Gasteiger partial charge is 0.337 e. The highest BCUT2D eigenvalue weighted by Gasteiger charge is 2.56. The number of rotatable bonds is 5. The van der Waals surface area contributed by atoms with Gasteiger partial charge in [0, 0.05) is 12.0 Å². The molecule has 5 heteroatoms. The van der Waals surface area contributed by atoms with E-state index in [0.717, 1.165) is 32.1 Å². The van der Waals surface area contributed by atoms with Crippen molar-refractivity contribution in [1.82, 2.24) is 0 Å². The van der Waals surface area contributed by atoms with Crippen LogP contribution in [-0.2, 0) is 11.2 Å². The number of fused-ring (bicyclic) bond motifs is 1. The average molecular weight is 403 g/mol. The van der Waals surface area contributed by atoms with Crippen molar-refractivity contribution >= 4 is 5.97 Å². The van der Waals surface area contributed by atoms with Crippen LogP contribution in [0.4, 0.5) is 0 Å². The fraction of sp³-hybridized carbons (Fsp3) is 0.625. The van der Waals surface area contributed by atoms with Crippen molar-refractivity contribution < 1.29 is 24.5 Å². The maximum atomic E-state index is 12.2. The van der Waals surface area contributed by atoms with Crippen molar-refractivity contribution in [2.24, 2.45) is 22.7 Å². The van der Waals surface area contributed by atoms with Crippen LogP contribution in [0, 0.1) is 22.7 Å². The van der Waals surface area contributed by atoms with Crippen molar-refractivity contribution in [2.45, 2.75) is 52.4 Å². The lowest BCUT2D eigenvalue weighted by Gasteiger charge is -2.59. The highest BCUT2D eigenvalue weighted by atomic mass is 16.5. The molecule has 0 saturated heterocycles. The molecule has 2 saturated carbocycles. The minimum Gasteiger partial charge on any atom is -0.504 e. The van der Waals surface area contributed by atoms with Gasteiger partial charge in [0.05, 0.1) is 19.8 Å². The third-order valence-electron chi connectivity index (χ3n) is 7.93. The Morgan fingerprint density at radius 2 is 2.03 bits per heavy atom. The molecule has 3 rings (SSSR count). The second-order valence-corrected chi connectivity index (χ2v) is 9.15. The molecule has 1 aromatic rings. The lowest BCUT2D eigenvalue weighted by molar-refractivity contribution is -0.0925. The second-order valence-electron chi connectivity index (χ2n) is 9.15. The Kier molecular flexibility index (Phi) is 6.00. The molecule has 0 bridgehead atoms. The first-order valence-electron chi connectivity index (χ1n) is 10.5. The van der Waals surface area contributed by atoms with E-state index in [1.807, 2.05) is 0 Å². The van der Waals surface area contributed by atoms with Crippen LogP contribution in [0.2, 0.25) is 0 Å². The zero-order chi connectivity index (χ0) is 21.4. The number of phenols is 1. The number of phenolic OH excluding ortho intramolecular Hbond substituents is 1. The second kappa shape index (κ2) is 8.02. The number of methoxy groups -OCH3 is 2. The van der Waals surface area contributed by atoms with Gasteiger partial charge >= 0.3 is 5.97 Å². The number of carbonyl (C=O) groups excluding carboxylic acids is 1. The lowest BCUT2D eigenvalue weighted by Crippen LogP contribution is -2.54. The Morgan fingerprint density at radius 1 is 1.31 bits per heavy atom. The van der Waals surface area contributed by atoms with E-state index in [9.17, 15) is 15.0 Å². The Balaban J connectivity index is 2.10. The van der Waals surface area contributed by atoms with Gasteiger partial charge in [-0.05, 0) is 73.5 Å². The lowest BCUT2D eigenvalue weighted by atomic mass is 9.45. The van der Waals surface area contributed by atoms with Crippen LogP contribution in [0.1, 0.15) is 61.9 Å². The van der Waals surface area contributed by atoms with E-state index >= 15 is 0 Å². The molecule has 0 radical (unpaired) electrons. The number of aliphatic hydroxyl groups excluding tert-OH is 1. The van der Waals surface area contributed by atoms with E-state index in [1.165, 1.54) is 25.9 Å². The maximum Gasteiger partial charge on any atom is 0.337 e. The summed E-state index contributed by atoms with van der Waals surface area (Å²) in [5.41, 5.74) is 1.83. The van der Waals surface area contributed by atoms with Crippen LogP contribution in [0.3, 0.4) is 0 Å². The van der Waals surface area contributed by atoms with Crippen LogP contribution in [-0.4, -0.2) is 37.0 Å². The SMILES string of the molecule is C=C1CCC[C@@H]2[C@@](CO)(Cc3cc(C(=O)OC)cc(OC)c3O)[C@H](C)CC[C@@]12C. The summed E-state index contributed by atoms with van der Waals surface area (Å²) in [6.07, 6.45) is 5.71. The molecular formula is C24H34O5. The summed E-state index contributed by atoms with van der Waals surface area (Å²) in [5, 5.41) is 21.6. The van der Waals surface area contributed by atoms with E-state index in [2.05, 4.69) is 20.4 Å². The summed E-state index contributed by atoms with van der Waals surface area (Å²) in [7, 11) is 2.80. The summed E-state index contributed by atoms with van der Waals surface area (Å²) in [5.74, 6) is 0.355. The van der Waals surface area contributed by atoms with Gasteiger partial charge in [-0.15, -0.1) is 0 Å². The number of aromatic hydroxyl groups is 1. The molecule has 0 spiro atoms. The van der Waals surface area contributed by atoms with Gasteiger partial charge in [0.15, 0.2) is 11.5 Å². The number of allylic oxidation sites excluding steroid dienone is 1. The van der Waals surface area contributed by atoms with Crippen molar-refractivity contribution in [3.8, 4) is 11.5 Å². The molecule has 2 aliphatic rings. The summed E-state index contributed by atoms with van der Waals surface area (Å²) in [4.78, 5) is 12.2. The van der Waals surface area contributed by atoms with Crippen molar-refractivity contribution in [1.29, 1.82) is 0 Å². The van der Waals surface area contributed by atoms with Crippen LogP contribution in [0.25, 0.3) is 0 Å². The highest BCUT2D eigenvalue weighted by molar-refractivity contribution is 5.90. The standard InChI is InChI=1S/C24H34O5/c1-15-7-6-8-20-23(15,3)10-9-16(2)24(20,14-25)13-18-11-17(22(27)29-5)12-19(28-4)21(18)26/h11-12,16,20,25-26H,1,6-10,13-14H2,2-5H3/t16-,20+,23+,24-/m1/s1. The number of ether oxygens (including phenoxy) is 2. The molecule has 4 atom stereocenters. The van der Waals surface area contributed by atoms with Crippen molar-refractivity contribution in [2.75, 3.05) is 20.8 Å². The van der Waals surface area contributed by atoms with Gasteiger partial charge < -0.3 is 19.7 Å². The predicted molar refractivity (Wildman–Crippen MR) is 112 cm³/mol. The van der Waals surface area contributed by atoms with E-state index in [4.69, 9.17) is 9.47 Å². The minimum absolute atomic E-state index is 0.00679. The van der Waals surface area contributed by atoms with Crippen LogP contribution in [0.5, 0.6) is 11.5 Å². The molecule has 0 aliphatic heterocycles. The van der Waals surface area contributed by atoms with Gasteiger partial charge in [0.25, 0.3) is 0 Å². The van der Waals surface area contributed by atoms with E-state index in [1.54, 1.807) is 6.07 Å². The predicted octanol–water partition coefficient (Wildman–Crippen LogP) is 4.50. The van der Waals surface area contributed by atoms with Gasteiger partial charge in [-0.2, -0.15) is 0 Å². The van der Waals surface area contributed by atoms with Gasteiger partial charge in [-0.1, -0.05) is 26.0 Å². The van der Waals surface area contributed by atoms with E-state index < -0.39 is 11.4 Å². The van der Waals surface area contributed by atoms with Crippen molar-refractivity contribution in [3.05, 3.63) is 35.4 Å². The molecule has 0 unspecified atom stereocenters. The molecule has 0 amide bonds. The van der Waals surface area contributed by atoms with Gasteiger partial charge in [-0.3, -0.25) is 0 Å². The van der Waals surface area contributed by atoms with Crippen molar-refractivity contribution in [3.63, 3.8) is 0 Å². The zero-order valence-corrected chi connectivity index (χ0v) is 18.1. The molecule has 29 heavy (non-hydrogen) atoms. The summed E-state index contributed by atoms with van der Waals surface area (Å²) < 4.78 is 10.2. The first kappa shape index (κ1) is 21.7. The third-order valence-corrected chi connectivity index (χ3v) is 7.93. The number of aliphatic hydroxyl groups is 1. The molecule has 2 fully saturated rings. The highest BCUT2D eigenvalue weighted by Crippen LogP contribution is 2.62. The summed E-state index contributed by atoms with van der Waals surface area (Å²) in [6.45, 7) is 8.91. The van der Waals surface area contributed by atoms with E-state index in [-0.39, 0.29) is 35.4 Å². The molecule has 2 N–H and O–H groups in total. The Labute approximate surface area is 173 Å². The topological polar surface area (TPSA) is 76.0 Å². The molecule has 0 heterocycles.